The lowest BCUT2D eigenvalue weighted by atomic mass is 10.0. The molecular formula is C13H14ClNO. The first kappa shape index (κ1) is 11.2. The first-order chi connectivity index (χ1) is 7.63. The van der Waals surface area contributed by atoms with E-state index in [9.17, 15) is 5.11 Å². The second kappa shape index (κ2) is 4.30. The molecule has 3 heteroatoms. The lowest BCUT2D eigenvalue weighted by molar-refractivity contribution is 0.458. The van der Waals surface area contributed by atoms with Gasteiger partial charge in [0.15, 0.2) is 0 Å². The summed E-state index contributed by atoms with van der Waals surface area (Å²) >= 11 is 6.04. The molecule has 2 nitrogen and oxygen atoms in total. The van der Waals surface area contributed by atoms with Gasteiger partial charge in [0, 0.05) is 11.3 Å². The minimum Gasteiger partial charge on any atom is -0.506 e. The third-order valence-electron chi connectivity index (χ3n) is 2.89. The monoisotopic (exact) mass is 235 g/mol. The molecule has 1 unspecified atom stereocenters. The molecule has 0 radical (unpaired) electrons. The Labute approximate surface area is 99.9 Å². The van der Waals surface area contributed by atoms with Gasteiger partial charge in [-0.2, -0.15) is 0 Å². The number of benzene rings is 1. The summed E-state index contributed by atoms with van der Waals surface area (Å²) in [7, 11) is 0. The summed E-state index contributed by atoms with van der Waals surface area (Å²) in [6.07, 6.45) is 0.951. The van der Waals surface area contributed by atoms with Gasteiger partial charge in [0.05, 0.1) is 16.2 Å². The highest BCUT2D eigenvalue weighted by molar-refractivity contribution is 6.35. The first-order valence-corrected chi connectivity index (χ1v) is 5.79. The fourth-order valence-electron chi connectivity index (χ4n) is 1.72. The Morgan fingerprint density at radius 2 is 2.19 bits per heavy atom. The molecule has 0 spiro atoms. The molecule has 0 saturated heterocycles. The highest BCUT2D eigenvalue weighted by Gasteiger charge is 2.12. The summed E-state index contributed by atoms with van der Waals surface area (Å²) in [4.78, 5) is 4.47. The summed E-state index contributed by atoms with van der Waals surface area (Å²) in [6, 6.07) is 7.28. The van der Waals surface area contributed by atoms with Crippen molar-refractivity contribution in [2.75, 3.05) is 0 Å². The number of hydrogen-bond acceptors (Lipinski definition) is 2. The van der Waals surface area contributed by atoms with E-state index in [1.165, 1.54) is 0 Å². The van der Waals surface area contributed by atoms with Crippen molar-refractivity contribution in [2.24, 2.45) is 0 Å². The Kier molecular flexibility index (Phi) is 3.01. The molecule has 1 atom stereocenters. The summed E-state index contributed by atoms with van der Waals surface area (Å²) < 4.78 is 0. The maximum atomic E-state index is 9.91. The fraction of sp³-hybridized carbons (Fsp3) is 0.308. The highest BCUT2D eigenvalue weighted by atomic mass is 35.5. The van der Waals surface area contributed by atoms with Gasteiger partial charge in [-0.15, -0.1) is 0 Å². The van der Waals surface area contributed by atoms with Crippen LogP contribution in [0, 0.1) is 0 Å². The predicted molar refractivity (Wildman–Crippen MR) is 67.1 cm³/mol. The van der Waals surface area contributed by atoms with Crippen LogP contribution in [0.5, 0.6) is 5.75 Å². The molecule has 1 N–H and O–H groups in total. The van der Waals surface area contributed by atoms with E-state index >= 15 is 0 Å². The maximum Gasteiger partial charge on any atom is 0.138 e. The van der Waals surface area contributed by atoms with Crippen LogP contribution in [-0.2, 0) is 0 Å². The molecule has 16 heavy (non-hydrogen) atoms. The number of nitrogens with zero attached hydrogens (tertiary/aromatic N) is 1. The van der Waals surface area contributed by atoms with E-state index in [1.807, 2.05) is 12.1 Å². The molecule has 0 aliphatic rings. The summed E-state index contributed by atoms with van der Waals surface area (Å²) in [6.45, 7) is 4.13. The Bertz CT molecular complexity index is 525. The zero-order valence-electron chi connectivity index (χ0n) is 9.37. The van der Waals surface area contributed by atoms with Gasteiger partial charge in [-0.25, -0.2) is 4.98 Å². The van der Waals surface area contributed by atoms with E-state index in [-0.39, 0.29) is 11.7 Å². The van der Waals surface area contributed by atoms with Crippen LogP contribution in [0.4, 0.5) is 0 Å². The molecular weight excluding hydrogens is 222 g/mol. The van der Waals surface area contributed by atoms with Crippen molar-refractivity contribution in [3.8, 4) is 5.75 Å². The molecule has 84 valence electrons. The van der Waals surface area contributed by atoms with Gasteiger partial charge < -0.3 is 5.11 Å². The molecule has 0 fully saturated rings. The van der Waals surface area contributed by atoms with E-state index in [0.717, 1.165) is 23.0 Å². The second-order valence-electron chi connectivity index (χ2n) is 4.01. The third kappa shape index (κ3) is 1.85. The SMILES string of the molecule is CCC(C)c1nc2cccc(Cl)c2cc1O. The zero-order valence-corrected chi connectivity index (χ0v) is 10.1. The van der Waals surface area contributed by atoms with Crippen LogP contribution in [-0.4, -0.2) is 10.1 Å². The number of aromatic nitrogens is 1. The lowest BCUT2D eigenvalue weighted by Gasteiger charge is -2.11. The molecule has 2 rings (SSSR count). The van der Waals surface area contributed by atoms with E-state index in [2.05, 4.69) is 18.8 Å². The zero-order chi connectivity index (χ0) is 11.7. The topological polar surface area (TPSA) is 33.1 Å². The predicted octanol–water partition coefficient (Wildman–Crippen LogP) is 4.11. The van der Waals surface area contributed by atoms with Gasteiger partial charge in [-0.1, -0.05) is 31.5 Å². The first-order valence-electron chi connectivity index (χ1n) is 5.41. The number of pyridine rings is 1. The number of aromatic hydroxyl groups is 1. The van der Waals surface area contributed by atoms with Crippen LogP contribution in [0.3, 0.4) is 0 Å². The van der Waals surface area contributed by atoms with E-state index in [1.54, 1.807) is 12.1 Å². The third-order valence-corrected chi connectivity index (χ3v) is 3.22. The molecule has 1 heterocycles. The molecule has 1 aromatic heterocycles. The Hall–Kier alpha value is -1.28. The lowest BCUT2D eigenvalue weighted by Crippen LogP contribution is -1.96. The normalized spacial score (nSPS) is 12.9. The van der Waals surface area contributed by atoms with E-state index in [4.69, 9.17) is 11.6 Å². The molecule has 0 aliphatic carbocycles. The summed E-state index contributed by atoms with van der Waals surface area (Å²) in [5, 5.41) is 11.3. The van der Waals surface area contributed by atoms with Crippen LogP contribution >= 0.6 is 11.6 Å². The van der Waals surface area contributed by atoms with Crippen LogP contribution in [0.2, 0.25) is 5.02 Å². The van der Waals surface area contributed by atoms with Crippen molar-refractivity contribution in [1.29, 1.82) is 0 Å². The molecule has 2 aromatic rings. The quantitative estimate of drug-likeness (QED) is 0.850. The average Bonchev–Trinajstić information content (AvgIpc) is 2.29. The summed E-state index contributed by atoms with van der Waals surface area (Å²) in [5.74, 6) is 0.485. The van der Waals surface area contributed by atoms with Gasteiger partial charge in [0.1, 0.15) is 5.75 Å². The van der Waals surface area contributed by atoms with E-state index < -0.39 is 0 Å². The molecule has 0 aliphatic heterocycles. The van der Waals surface area contributed by atoms with Crippen LogP contribution < -0.4 is 0 Å². The Balaban J connectivity index is 2.67. The number of rotatable bonds is 2. The minimum absolute atomic E-state index is 0.231. The van der Waals surface area contributed by atoms with Gasteiger partial charge >= 0.3 is 0 Å². The maximum absolute atomic E-state index is 9.91. The number of halogens is 1. The Morgan fingerprint density at radius 3 is 2.88 bits per heavy atom. The van der Waals surface area contributed by atoms with Crippen molar-refractivity contribution in [1.82, 2.24) is 4.98 Å². The van der Waals surface area contributed by atoms with Gasteiger partial charge in [-0.05, 0) is 24.6 Å². The Morgan fingerprint density at radius 1 is 1.44 bits per heavy atom. The summed E-state index contributed by atoms with van der Waals surface area (Å²) in [5.41, 5.74) is 1.58. The van der Waals surface area contributed by atoms with Gasteiger partial charge in [0.2, 0.25) is 0 Å². The number of hydrogen-bond donors (Lipinski definition) is 1. The van der Waals surface area contributed by atoms with Crippen LogP contribution in [0.1, 0.15) is 31.9 Å². The van der Waals surface area contributed by atoms with Crippen molar-refractivity contribution in [3.63, 3.8) is 0 Å². The van der Waals surface area contributed by atoms with Crippen molar-refractivity contribution in [2.45, 2.75) is 26.2 Å². The number of fused-ring (bicyclic) bond motifs is 1. The minimum atomic E-state index is 0.231. The smallest absolute Gasteiger partial charge is 0.138 e. The molecule has 1 aromatic carbocycles. The standard InChI is InChI=1S/C13H14ClNO/c1-3-8(2)13-12(16)7-9-10(14)5-4-6-11(9)15-13/h4-8,16H,3H2,1-2H3. The molecule has 0 bridgehead atoms. The van der Waals surface area contributed by atoms with E-state index in [0.29, 0.717) is 5.02 Å². The van der Waals surface area contributed by atoms with Crippen LogP contribution in [0.15, 0.2) is 24.3 Å². The molecule has 0 saturated carbocycles. The molecule has 0 amide bonds. The van der Waals surface area contributed by atoms with Crippen molar-refractivity contribution < 1.29 is 5.11 Å². The van der Waals surface area contributed by atoms with Crippen LogP contribution in [0.25, 0.3) is 10.9 Å². The largest absolute Gasteiger partial charge is 0.506 e. The van der Waals surface area contributed by atoms with Gasteiger partial charge in [-0.3, -0.25) is 0 Å². The fourth-order valence-corrected chi connectivity index (χ4v) is 1.94. The highest BCUT2D eigenvalue weighted by Crippen LogP contribution is 2.31. The van der Waals surface area contributed by atoms with Gasteiger partial charge in [0.25, 0.3) is 0 Å². The second-order valence-corrected chi connectivity index (χ2v) is 4.42. The average molecular weight is 236 g/mol. The van der Waals surface area contributed by atoms with Crippen molar-refractivity contribution >= 4 is 22.5 Å². The van der Waals surface area contributed by atoms with Crippen molar-refractivity contribution in [3.05, 3.63) is 35.0 Å².